The second-order valence-corrected chi connectivity index (χ2v) is 8.99. The minimum Gasteiger partial charge on any atom is -0.376 e. The Labute approximate surface area is 196 Å². The van der Waals surface area contributed by atoms with Crippen molar-refractivity contribution in [1.29, 1.82) is 0 Å². The van der Waals surface area contributed by atoms with Crippen LogP contribution in [0.1, 0.15) is 62.7 Å². The molecule has 1 aliphatic rings. The van der Waals surface area contributed by atoms with Crippen LogP contribution in [0, 0.1) is 11.6 Å². The molecule has 7 nitrogen and oxygen atoms in total. The molecule has 0 saturated carbocycles. The van der Waals surface area contributed by atoms with E-state index in [0.29, 0.717) is 18.8 Å². The van der Waals surface area contributed by atoms with Crippen molar-refractivity contribution >= 4 is 5.91 Å². The van der Waals surface area contributed by atoms with Crippen molar-refractivity contribution in [1.82, 2.24) is 25.1 Å². The first-order valence-electron chi connectivity index (χ1n) is 11.3. The Kier molecular flexibility index (Phi) is 6.65. The van der Waals surface area contributed by atoms with Crippen molar-refractivity contribution in [3.8, 4) is 11.3 Å². The standard InChI is InChI=1S/C25H27F2N5O2/c1-4-32(24(34)21(33)23-28-11-6-12-29-23)14-25(3)10-9-15(2)16-13-19(30-31-22(16)25)20-17(26)7-5-8-18(20)27/h5-8,11-13,15,21,33H,4,9-10,14H2,1-3H3/t15-,21+,25+/m0/s1. The molecule has 0 saturated heterocycles. The highest BCUT2D eigenvalue weighted by Gasteiger charge is 2.40. The van der Waals surface area contributed by atoms with Crippen molar-refractivity contribution in [2.45, 2.75) is 51.0 Å². The van der Waals surface area contributed by atoms with Gasteiger partial charge in [0.25, 0.3) is 5.91 Å². The highest BCUT2D eigenvalue weighted by Crippen LogP contribution is 2.43. The van der Waals surface area contributed by atoms with Crippen molar-refractivity contribution < 1.29 is 18.7 Å². The van der Waals surface area contributed by atoms with E-state index in [2.05, 4.69) is 20.2 Å². The van der Waals surface area contributed by atoms with Gasteiger partial charge in [-0.05, 0) is 55.5 Å². The van der Waals surface area contributed by atoms with E-state index >= 15 is 0 Å². The Morgan fingerprint density at radius 1 is 1.21 bits per heavy atom. The molecule has 1 aromatic carbocycles. The van der Waals surface area contributed by atoms with Gasteiger partial charge in [0, 0.05) is 30.9 Å². The maximum absolute atomic E-state index is 14.4. The number of aliphatic hydroxyl groups is 1. The van der Waals surface area contributed by atoms with Gasteiger partial charge in [-0.2, -0.15) is 10.2 Å². The first-order valence-corrected chi connectivity index (χ1v) is 11.3. The summed E-state index contributed by atoms with van der Waals surface area (Å²) >= 11 is 0. The van der Waals surface area contributed by atoms with Crippen LogP contribution in [-0.4, -0.2) is 49.2 Å². The molecule has 0 bridgehead atoms. The number of aliphatic hydroxyl groups excluding tert-OH is 1. The molecule has 1 aliphatic carbocycles. The van der Waals surface area contributed by atoms with Gasteiger partial charge in [-0.3, -0.25) is 4.79 Å². The zero-order valence-electron chi connectivity index (χ0n) is 19.4. The molecule has 0 fully saturated rings. The lowest BCUT2D eigenvalue weighted by atomic mass is 9.70. The Morgan fingerprint density at radius 2 is 1.88 bits per heavy atom. The lowest BCUT2D eigenvalue weighted by molar-refractivity contribution is -0.141. The second kappa shape index (κ2) is 9.50. The molecule has 4 rings (SSSR count). The fourth-order valence-electron chi connectivity index (χ4n) is 4.58. The van der Waals surface area contributed by atoms with Gasteiger partial charge in [0.2, 0.25) is 0 Å². The lowest BCUT2D eigenvalue weighted by Gasteiger charge is -2.40. The summed E-state index contributed by atoms with van der Waals surface area (Å²) in [6, 6.07) is 7.01. The second-order valence-electron chi connectivity index (χ2n) is 8.99. The lowest BCUT2D eigenvalue weighted by Crippen LogP contribution is -2.46. The number of amides is 1. The monoisotopic (exact) mass is 467 g/mol. The average molecular weight is 468 g/mol. The van der Waals surface area contributed by atoms with E-state index in [1.807, 2.05) is 20.8 Å². The van der Waals surface area contributed by atoms with Gasteiger partial charge in [-0.25, -0.2) is 18.7 Å². The zero-order chi connectivity index (χ0) is 24.5. The largest absolute Gasteiger partial charge is 0.376 e. The summed E-state index contributed by atoms with van der Waals surface area (Å²) in [4.78, 5) is 22.6. The number of carbonyl (C=O) groups is 1. The summed E-state index contributed by atoms with van der Waals surface area (Å²) in [5, 5.41) is 19.1. The van der Waals surface area contributed by atoms with E-state index in [1.54, 1.807) is 17.0 Å². The molecule has 0 aliphatic heterocycles. The molecule has 178 valence electrons. The molecular formula is C25H27F2N5O2. The third-order valence-corrected chi connectivity index (χ3v) is 6.57. The maximum atomic E-state index is 14.4. The van der Waals surface area contributed by atoms with E-state index in [9.17, 15) is 18.7 Å². The van der Waals surface area contributed by atoms with Gasteiger partial charge in [0.05, 0.1) is 17.0 Å². The number of likely N-dealkylation sites (N-methyl/N-ethyl adjacent to an activating group) is 1. The molecule has 9 heteroatoms. The van der Waals surface area contributed by atoms with Gasteiger partial charge < -0.3 is 10.0 Å². The fourth-order valence-corrected chi connectivity index (χ4v) is 4.58. The number of halogens is 2. The predicted molar refractivity (Wildman–Crippen MR) is 122 cm³/mol. The van der Waals surface area contributed by atoms with Crippen LogP contribution in [0.15, 0.2) is 42.7 Å². The molecule has 2 aromatic heterocycles. The van der Waals surface area contributed by atoms with Gasteiger partial charge in [-0.15, -0.1) is 0 Å². The van der Waals surface area contributed by atoms with Crippen molar-refractivity contribution in [2.75, 3.05) is 13.1 Å². The third kappa shape index (κ3) is 4.40. The number of carbonyl (C=O) groups excluding carboxylic acids is 1. The SMILES string of the molecule is CCN(C[C@@]1(C)CC[C@H](C)c2cc(-c3c(F)cccc3F)nnc21)C(=O)[C@H](O)c1ncccn1. The highest BCUT2D eigenvalue weighted by atomic mass is 19.1. The van der Waals surface area contributed by atoms with E-state index < -0.39 is 29.1 Å². The molecule has 3 atom stereocenters. The molecule has 1 amide bonds. The Hall–Kier alpha value is -3.33. The third-order valence-electron chi connectivity index (χ3n) is 6.57. The molecule has 3 aromatic rings. The van der Waals surface area contributed by atoms with Crippen molar-refractivity contribution in [3.05, 3.63) is 71.4 Å². The molecule has 2 heterocycles. The fraction of sp³-hybridized carbons (Fsp3) is 0.400. The van der Waals surface area contributed by atoms with Gasteiger partial charge in [0.15, 0.2) is 11.9 Å². The molecule has 0 radical (unpaired) electrons. The molecule has 0 unspecified atom stereocenters. The number of nitrogens with zero attached hydrogens (tertiary/aromatic N) is 5. The van der Waals surface area contributed by atoms with Crippen LogP contribution in [0.4, 0.5) is 8.78 Å². The molecule has 34 heavy (non-hydrogen) atoms. The Bertz CT molecular complexity index is 1170. The first-order chi connectivity index (χ1) is 16.2. The quantitative estimate of drug-likeness (QED) is 0.590. The van der Waals surface area contributed by atoms with Gasteiger partial charge in [0.1, 0.15) is 11.6 Å². The van der Waals surface area contributed by atoms with Crippen LogP contribution >= 0.6 is 0 Å². The van der Waals surface area contributed by atoms with Gasteiger partial charge >= 0.3 is 0 Å². The first kappa shape index (κ1) is 23.8. The minimum atomic E-state index is -1.47. The van der Waals surface area contributed by atoms with E-state index in [-0.39, 0.29) is 23.0 Å². The van der Waals surface area contributed by atoms with Crippen LogP contribution < -0.4 is 0 Å². The normalized spacial score (nSPS) is 20.5. The van der Waals surface area contributed by atoms with Crippen LogP contribution in [0.2, 0.25) is 0 Å². The summed E-state index contributed by atoms with van der Waals surface area (Å²) in [7, 11) is 0. The summed E-state index contributed by atoms with van der Waals surface area (Å²) in [6.07, 6.45) is 3.03. The van der Waals surface area contributed by atoms with Crippen LogP contribution in [-0.2, 0) is 10.2 Å². The minimum absolute atomic E-state index is 0.0464. The van der Waals surface area contributed by atoms with Crippen molar-refractivity contribution in [2.24, 2.45) is 0 Å². The van der Waals surface area contributed by atoms with E-state index in [0.717, 1.165) is 18.4 Å². The number of hydrogen-bond donors (Lipinski definition) is 1. The molecule has 1 N–H and O–H groups in total. The summed E-state index contributed by atoms with van der Waals surface area (Å²) in [6.45, 7) is 6.54. The summed E-state index contributed by atoms with van der Waals surface area (Å²) in [5.74, 6) is -1.72. The Morgan fingerprint density at radius 3 is 2.53 bits per heavy atom. The van der Waals surface area contributed by atoms with E-state index in [1.165, 1.54) is 30.6 Å². The summed E-state index contributed by atoms with van der Waals surface area (Å²) < 4.78 is 28.7. The maximum Gasteiger partial charge on any atom is 0.259 e. The predicted octanol–water partition coefficient (Wildman–Crippen LogP) is 3.95. The number of aromatic nitrogens is 4. The number of benzene rings is 1. The van der Waals surface area contributed by atoms with Crippen molar-refractivity contribution in [3.63, 3.8) is 0 Å². The number of hydrogen-bond acceptors (Lipinski definition) is 6. The van der Waals surface area contributed by atoms with Crippen LogP contribution in [0.5, 0.6) is 0 Å². The number of fused-ring (bicyclic) bond motifs is 1. The Balaban J connectivity index is 1.66. The van der Waals surface area contributed by atoms with Crippen LogP contribution in [0.25, 0.3) is 11.3 Å². The molecular weight excluding hydrogens is 440 g/mol. The van der Waals surface area contributed by atoms with Crippen LogP contribution in [0.3, 0.4) is 0 Å². The van der Waals surface area contributed by atoms with E-state index in [4.69, 9.17) is 0 Å². The smallest absolute Gasteiger partial charge is 0.259 e. The highest BCUT2D eigenvalue weighted by molar-refractivity contribution is 5.81. The zero-order valence-corrected chi connectivity index (χ0v) is 19.4. The molecule has 0 spiro atoms. The van der Waals surface area contributed by atoms with Gasteiger partial charge in [-0.1, -0.05) is 19.9 Å². The average Bonchev–Trinajstić information content (AvgIpc) is 2.85. The summed E-state index contributed by atoms with van der Waals surface area (Å²) in [5.41, 5.74) is 0.948. The number of rotatable bonds is 6. The topological polar surface area (TPSA) is 92.1 Å².